The third-order valence-corrected chi connectivity index (χ3v) is 6.07. The summed E-state index contributed by atoms with van der Waals surface area (Å²) in [5, 5.41) is 7.12. The number of nitrogens with two attached hydrogens (primary N) is 1. The molecule has 0 aromatic heterocycles. The van der Waals surface area contributed by atoms with Gasteiger partial charge in [-0.15, -0.1) is 0 Å². The van der Waals surface area contributed by atoms with Crippen LogP contribution in [0.1, 0.15) is 47.9 Å². The highest BCUT2D eigenvalue weighted by molar-refractivity contribution is 5.73. The van der Waals surface area contributed by atoms with Gasteiger partial charge >= 0.3 is 12.1 Å². The van der Waals surface area contributed by atoms with Crippen LogP contribution in [0.5, 0.6) is 0 Å². The number of carbonyl (C=O) groups is 1. The number of nitrogens with zero attached hydrogens (tertiary/aromatic N) is 1. The summed E-state index contributed by atoms with van der Waals surface area (Å²) < 4.78 is 31.7. The van der Waals surface area contributed by atoms with Crippen molar-refractivity contribution in [2.45, 2.75) is 58.8 Å². The van der Waals surface area contributed by atoms with Crippen molar-refractivity contribution >= 4 is 5.97 Å². The lowest BCUT2D eigenvalue weighted by molar-refractivity contribution is -0.192. The Morgan fingerprint density at radius 1 is 0.939 bits per heavy atom. The number of alkyl halides is 3. The Kier molecular flexibility index (Phi) is 10.4. The molecular weight excluding hydrogens is 429 g/mol. The van der Waals surface area contributed by atoms with Crippen molar-refractivity contribution in [3.05, 3.63) is 70.8 Å². The number of rotatable bonds is 7. The van der Waals surface area contributed by atoms with E-state index in [-0.39, 0.29) is 0 Å². The lowest BCUT2D eigenvalue weighted by Crippen LogP contribution is -2.32. The van der Waals surface area contributed by atoms with Crippen molar-refractivity contribution in [2.75, 3.05) is 13.1 Å². The Morgan fingerprint density at radius 3 is 2.00 bits per heavy atom. The van der Waals surface area contributed by atoms with Crippen LogP contribution >= 0.6 is 0 Å². The highest BCUT2D eigenvalue weighted by atomic mass is 19.4. The molecule has 7 heteroatoms. The van der Waals surface area contributed by atoms with Crippen molar-refractivity contribution < 1.29 is 23.1 Å². The van der Waals surface area contributed by atoms with Crippen LogP contribution in [-0.4, -0.2) is 35.2 Å². The molecular formula is C26H35F3N2O2. The molecule has 3 rings (SSSR count). The second kappa shape index (κ2) is 12.8. The molecule has 2 aromatic rings. The highest BCUT2D eigenvalue weighted by Gasteiger charge is 2.38. The molecule has 0 saturated heterocycles. The van der Waals surface area contributed by atoms with Gasteiger partial charge in [0.2, 0.25) is 0 Å². The Bertz CT molecular complexity index is 861. The van der Waals surface area contributed by atoms with E-state index < -0.39 is 12.1 Å². The first kappa shape index (κ1) is 26.9. The largest absolute Gasteiger partial charge is 0.490 e. The number of halogens is 3. The minimum absolute atomic E-state index is 0.758. The van der Waals surface area contributed by atoms with Crippen LogP contribution in [-0.2, 0) is 17.9 Å². The van der Waals surface area contributed by atoms with E-state index in [9.17, 15) is 13.2 Å². The number of carboxylic acids is 1. The molecule has 0 bridgehead atoms. The summed E-state index contributed by atoms with van der Waals surface area (Å²) >= 11 is 0. The van der Waals surface area contributed by atoms with Crippen LogP contribution < -0.4 is 5.73 Å². The molecule has 0 atom stereocenters. The van der Waals surface area contributed by atoms with Gasteiger partial charge in [0.05, 0.1) is 0 Å². The third kappa shape index (κ3) is 9.96. The SMILES string of the molecule is Cc1ccc(CN(Cc2cccc(C)c2)CC2CCC(CN)CC2)cc1.O=C(O)C(F)(F)F. The number of aliphatic carboxylic acids is 1. The van der Waals surface area contributed by atoms with E-state index in [1.54, 1.807) is 0 Å². The van der Waals surface area contributed by atoms with Crippen LogP contribution in [0, 0.1) is 25.7 Å². The number of carboxylic acid groups (broad SMARTS) is 1. The van der Waals surface area contributed by atoms with E-state index in [0.717, 1.165) is 31.5 Å². The van der Waals surface area contributed by atoms with Gasteiger partial charge < -0.3 is 10.8 Å². The zero-order valence-corrected chi connectivity index (χ0v) is 19.4. The first-order valence-corrected chi connectivity index (χ1v) is 11.4. The Hall–Kier alpha value is -2.38. The fourth-order valence-electron chi connectivity index (χ4n) is 4.22. The summed E-state index contributed by atoms with van der Waals surface area (Å²) in [6.07, 6.45) is 0.203. The smallest absolute Gasteiger partial charge is 0.475 e. The van der Waals surface area contributed by atoms with Crippen LogP contribution in [0.25, 0.3) is 0 Å². The molecule has 0 radical (unpaired) electrons. The quantitative estimate of drug-likeness (QED) is 0.551. The van der Waals surface area contributed by atoms with E-state index in [4.69, 9.17) is 15.6 Å². The van der Waals surface area contributed by atoms with Gasteiger partial charge in [0.1, 0.15) is 0 Å². The number of hydrogen-bond acceptors (Lipinski definition) is 3. The Labute approximate surface area is 194 Å². The molecule has 1 fully saturated rings. The lowest BCUT2D eigenvalue weighted by Gasteiger charge is -2.32. The molecule has 0 unspecified atom stereocenters. The molecule has 4 nitrogen and oxygen atoms in total. The summed E-state index contributed by atoms with van der Waals surface area (Å²) in [6, 6.07) is 18.0. The topological polar surface area (TPSA) is 66.6 Å². The maximum Gasteiger partial charge on any atom is 0.490 e. The molecule has 33 heavy (non-hydrogen) atoms. The fraction of sp³-hybridized carbons (Fsp3) is 0.500. The van der Waals surface area contributed by atoms with Crippen LogP contribution in [0.2, 0.25) is 0 Å². The number of benzene rings is 2. The molecule has 3 N–H and O–H groups in total. The molecule has 182 valence electrons. The second-order valence-corrected chi connectivity index (χ2v) is 9.07. The average Bonchev–Trinajstić information content (AvgIpc) is 2.76. The van der Waals surface area contributed by atoms with Gasteiger partial charge in [-0.25, -0.2) is 4.79 Å². The molecule has 0 aliphatic heterocycles. The van der Waals surface area contributed by atoms with Gasteiger partial charge in [0, 0.05) is 19.6 Å². The van der Waals surface area contributed by atoms with E-state index in [1.807, 2.05) is 0 Å². The first-order valence-electron chi connectivity index (χ1n) is 11.4. The molecule has 0 spiro atoms. The van der Waals surface area contributed by atoms with E-state index in [1.165, 1.54) is 54.5 Å². The van der Waals surface area contributed by atoms with Gasteiger partial charge in [0.25, 0.3) is 0 Å². The van der Waals surface area contributed by atoms with Gasteiger partial charge in [-0.1, -0.05) is 59.7 Å². The monoisotopic (exact) mass is 464 g/mol. The standard InChI is InChI=1S/C24H34N2.C2HF3O2/c1-19-6-8-22(9-7-19)16-26(18-24-5-3-4-20(2)14-24)17-23-12-10-21(15-25)11-13-23;3-2(4,5)1(6)7/h3-9,14,21,23H,10-13,15-18,25H2,1-2H3;(H,6,7). The summed E-state index contributed by atoms with van der Waals surface area (Å²) in [5.74, 6) is -1.19. The van der Waals surface area contributed by atoms with Gasteiger partial charge in [-0.05, 0) is 69.0 Å². The molecule has 0 amide bonds. The molecule has 1 aliphatic rings. The number of hydrogen-bond donors (Lipinski definition) is 2. The lowest BCUT2D eigenvalue weighted by atomic mass is 9.82. The van der Waals surface area contributed by atoms with Crippen LogP contribution in [0.4, 0.5) is 13.2 Å². The van der Waals surface area contributed by atoms with Crippen molar-refractivity contribution in [1.82, 2.24) is 4.90 Å². The highest BCUT2D eigenvalue weighted by Crippen LogP contribution is 2.29. The van der Waals surface area contributed by atoms with Gasteiger partial charge in [0.15, 0.2) is 0 Å². The van der Waals surface area contributed by atoms with Gasteiger partial charge in [-0.2, -0.15) is 13.2 Å². The summed E-state index contributed by atoms with van der Waals surface area (Å²) in [7, 11) is 0. The van der Waals surface area contributed by atoms with Gasteiger partial charge in [-0.3, -0.25) is 4.90 Å². The van der Waals surface area contributed by atoms with E-state index in [0.29, 0.717) is 0 Å². The molecule has 2 aromatic carbocycles. The Morgan fingerprint density at radius 2 is 1.48 bits per heavy atom. The average molecular weight is 465 g/mol. The summed E-state index contributed by atoms with van der Waals surface area (Å²) in [4.78, 5) is 11.5. The van der Waals surface area contributed by atoms with E-state index >= 15 is 0 Å². The predicted octanol–water partition coefficient (Wildman–Crippen LogP) is 5.70. The normalized spacial score (nSPS) is 18.5. The third-order valence-electron chi connectivity index (χ3n) is 6.07. The zero-order valence-electron chi connectivity index (χ0n) is 19.4. The minimum atomic E-state index is -5.08. The minimum Gasteiger partial charge on any atom is -0.475 e. The molecule has 1 saturated carbocycles. The van der Waals surface area contributed by atoms with Crippen LogP contribution in [0.3, 0.4) is 0 Å². The summed E-state index contributed by atoms with van der Waals surface area (Å²) in [5.41, 5.74) is 11.4. The molecule has 1 aliphatic carbocycles. The summed E-state index contributed by atoms with van der Waals surface area (Å²) in [6.45, 7) is 8.46. The maximum absolute atomic E-state index is 10.6. The van der Waals surface area contributed by atoms with Crippen molar-refractivity contribution in [3.63, 3.8) is 0 Å². The van der Waals surface area contributed by atoms with Crippen molar-refractivity contribution in [3.8, 4) is 0 Å². The number of aryl methyl sites for hydroxylation is 2. The van der Waals surface area contributed by atoms with E-state index in [2.05, 4.69) is 67.3 Å². The van der Waals surface area contributed by atoms with Crippen molar-refractivity contribution in [2.24, 2.45) is 17.6 Å². The van der Waals surface area contributed by atoms with Crippen molar-refractivity contribution in [1.29, 1.82) is 0 Å². The zero-order chi connectivity index (χ0) is 24.4. The predicted molar refractivity (Wildman–Crippen MR) is 125 cm³/mol. The maximum atomic E-state index is 10.6. The van der Waals surface area contributed by atoms with Crippen LogP contribution in [0.15, 0.2) is 48.5 Å². The Balaban J connectivity index is 0.000000479. The second-order valence-electron chi connectivity index (χ2n) is 9.07. The molecule has 0 heterocycles. The first-order chi connectivity index (χ1) is 15.6. The fourth-order valence-corrected chi connectivity index (χ4v) is 4.22.